The summed E-state index contributed by atoms with van der Waals surface area (Å²) in [4.78, 5) is 40.3. The third-order valence-corrected chi connectivity index (χ3v) is 4.52. The number of carbonyl (C=O) groups is 3. The van der Waals surface area contributed by atoms with E-state index in [-0.39, 0.29) is 23.3 Å². The second-order valence-electron chi connectivity index (χ2n) is 8.48. The normalized spacial score (nSPS) is 12.5. The summed E-state index contributed by atoms with van der Waals surface area (Å²) in [6.07, 6.45) is -0.510. The van der Waals surface area contributed by atoms with Crippen LogP contribution >= 0.6 is 0 Å². The quantitative estimate of drug-likeness (QED) is 0.578. The highest BCUT2D eigenvalue weighted by Gasteiger charge is 2.21. The van der Waals surface area contributed by atoms with E-state index in [1.807, 2.05) is 35.8 Å². The number of fused-ring (bicyclic) bond motifs is 3. The predicted octanol–water partition coefficient (Wildman–Crippen LogP) is 3.16. The average molecular weight is 425 g/mol. The van der Waals surface area contributed by atoms with Gasteiger partial charge in [0.1, 0.15) is 17.1 Å². The Morgan fingerprint density at radius 1 is 1.19 bits per heavy atom. The molecular weight excluding hydrogens is 398 g/mol. The van der Waals surface area contributed by atoms with Crippen molar-refractivity contribution in [1.29, 1.82) is 0 Å². The first-order chi connectivity index (χ1) is 14.5. The van der Waals surface area contributed by atoms with Gasteiger partial charge in [0.05, 0.1) is 11.1 Å². The number of nitrogens with two attached hydrogens (primary N) is 1. The van der Waals surface area contributed by atoms with Gasteiger partial charge in [-0.3, -0.25) is 9.59 Å². The van der Waals surface area contributed by atoms with E-state index in [1.54, 1.807) is 26.8 Å². The van der Waals surface area contributed by atoms with Crippen LogP contribution in [0.4, 0.5) is 10.6 Å². The molecule has 1 atom stereocenters. The predicted molar refractivity (Wildman–Crippen MR) is 119 cm³/mol. The van der Waals surface area contributed by atoms with Crippen molar-refractivity contribution in [3.05, 3.63) is 35.9 Å². The second-order valence-corrected chi connectivity index (χ2v) is 8.48. The van der Waals surface area contributed by atoms with Gasteiger partial charge in [-0.2, -0.15) is 0 Å². The fraction of sp³-hybridized carbons (Fsp3) is 0.364. The molecule has 0 aliphatic rings. The molecule has 9 heteroatoms. The van der Waals surface area contributed by atoms with Crippen LogP contribution in [0.3, 0.4) is 0 Å². The topological polar surface area (TPSA) is 128 Å². The summed E-state index contributed by atoms with van der Waals surface area (Å²) >= 11 is 0. The highest BCUT2D eigenvalue weighted by Crippen LogP contribution is 2.31. The minimum atomic E-state index is -0.685. The minimum Gasteiger partial charge on any atom is -0.444 e. The third-order valence-electron chi connectivity index (χ3n) is 4.52. The molecule has 2 heterocycles. The number of benzene rings is 1. The van der Waals surface area contributed by atoms with Crippen molar-refractivity contribution in [2.45, 2.75) is 52.8 Å². The zero-order valence-electron chi connectivity index (χ0n) is 18.3. The number of hydrogen-bond donors (Lipinski definition) is 3. The van der Waals surface area contributed by atoms with Crippen LogP contribution in [0.15, 0.2) is 30.3 Å². The Labute approximate surface area is 179 Å². The number of nitrogens with zero attached hydrogens (tertiary/aromatic N) is 2. The van der Waals surface area contributed by atoms with Crippen molar-refractivity contribution in [1.82, 2.24) is 14.9 Å². The number of anilines is 1. The van der Waals surface area contributed by atoms with Crippen LogP contribution in [0.5, 0.6) is 0 Å². The van der Waals surface area contributed by atoms with Gasteiger partial charge in [0, 0.05) is 30.3 Å². The fourth-order valence-electron chi connectivity index (χ4n) is 3.42. The van der Waals surface area contributed by atoms with Gasteiger partial charge in [0.25, 0.3) is 5.91 Å². The Kier molecular flexibility index (Phi) is 5.88. The van der Waals surface area contributed by atoms with E-state index in [1.165, 1.54) is 6.92 Å². The number of carbonyl (C=O) groups excluding carboxylic acids is 3. The Morgan fingerprint density at radius 3 is 2.48 bits per heavy atom. The number of para-hydroxylation sites is 1. The van der Waals surface area contributed by atoms with Gasteiger partial charge in [0.15, 0.2) is 0 Å². The molecule has 4 N–H and O–H groups in total. The van der Waals surface area contributed by atoms with E-state index in [9.17, 15) is 14.4 Å². The molecular formula is C22H27N5O4. The standard InChI is InChI=1S/C22H27N5O4/c1-12(24-21(30)31-22(3,4)5)11-27-17-9-7-6-8-14(17)15-10-16(18(23)29)19(25-13(2)28)26-20(15)27/h6-10,12H,11H2,1-5H3,(H2,23,29)(H,24,30)(H,25,26,28)/t12-/m0/s1. The molecule has 0 saturated heterocycles. The zero-order chi connectivity index (χ0) is 22.9. The Balaban J connectivity index is 2.08. The number of aromatic nitrogens is 2. The summed E-state index contributed by atoms with van der Waals surface area (Å²) in [5, 5.41) is 7.01. The smallest absolute Gasteiger partial charge is 0.407 e. The van der Waals surface area contributed by atoms with Gasteiger partial charge in [-0.25, -0.2) is 9.78 Å². The van der Waals surface area contributed by atoms with Gasteiger partial charge in [-0.15, -0.1) is 0 Å². The van der Waals surface area contributed by atoms with E-state index in [0.717, 1.165) is 16.3 Å². The lowest BCUT2D eigenvalue weighted by atomic mass is 10.1. The highest BCUT2D eigenvalue weighted by atomic mass is 16.6. The molecule has 0 fully saturated rings. The van der Waals surface area contributed by atoms with Crippen LogP contribution in [-0.2, 0) is 16.1 Å². The molecule has 164 valence electrons. The molecule has 0 unspecified atom stereocenters. The highest BCUT2D eigenvalue weighted by molar-refractivity contribution is 6.11. The summed E-state index contributed by atoms with van der Waals surface area (Å²) in [7, 11) is 0. The first-order valence-corrected chi connectivity index (χ1v) is 9.95. The molecule has 0 spiro atoms. The first-order valence-electron chi connectivity index (χ1n) is 9.95. The van der Waals surface area contributed by atoms with Gasteiger partial charge in [0.2, 0.25) is 5.91 Å². The van der Waals surface area contributed by atoms with E-state index in [0.29, 0.717) is 12.2 Å². The number of nitrogens with one attached hydrogen (secondary N) is 2. The van der Waals surface area contributed by atoms with Gasteiger partial charge < -0.3 is 25.7 Å². The largest absolute Gasteiger partial charge is 0.444 e. The first kappa shape index (κ1) is 22.1. The van der Waals surface area contributed by atoms with E-state index in [4.69, 9.17) is 10.5 Å². The minimum absolute atomic E-state index is 0.101. The molecule has 31 heavy (non-hydrogen) atoms. The third kappa shape index (κ3) is 4.93. The van der Waals surface area contributed by atoms with Gasteiger partial charge >= 0.3 is 6.09 Å². The van der Waals surface area contributed by atoms with Crippen LogP contribution in [0.25, 0.3) is 21.9 Å². The van der Waals surface area contributed by atoms with Crippen molar-refractivity contribution in [2.24, 2.45) is 5.73 Å². The van der Waals surface area contributed by atoms with E-state index < -0.39 is 17.6 Å². The number of primary amides is 1. The summed E-state index contributed by atoms with van der Waals surface area (Å²) in [5.74, 6) is -0.948. The second kappa shape index (κ2) is 8.25. The monoisotopic (exact) mass is 425 g/mol. The van der Waals surface area contributed by atoms with Crippen molar-refractivity contribution >= 4 is 45.7 Å². The average Bonchev–Trinajstić information content (AvgIpc) is 2.92. The lowest BCUT2D eigenvalue weighted by molar-refractivity contribution is -0.114. The summed E-state index contributed by atoms with van der Waals surface area (Å²) in [6.45, 7) is 8.98. The molecule has 0 saturated carbocycles. The molecule has 9 nitrogen and oxygen atoms in total. The van der Waals surface area contributed by atoms with Crippen LogP contribution in [0.1, 0.15) is 45.0 Å². The van der Waals surface area contributed by atoms with Crippen molar-refractivity contribution in [3.8, 4) is 0 Å². The molecule has 0 aliphatic carbocycles. The summed E-state index contributed by atoms with van der Waals surface area (Å²) in [5.41, 5.74) is 6.49. The van der Waals surface area contributed by atoms with Gasteiger partial charge in [-0.1, -0.05) is 18.2 Å². The van der Waals surface area contributed by atoms with Crippen LogP contribution in [-0.4, -0.2) is 39.1 Å². The van der Waals surface area contributed by atoms with Crippen LogP contribution < -0.4 is 16.4 Å². The number of hydrogen-bond acceptors (Lipinski definition) is 5. The molecule has 3 amide bonds. The molecule has 0 bridgehead atoms. The van der Waals surface area contributed by atoms with Crippen LogP contribution in [0.2, 0.25) is 0 Å². The maximum absolute atomic E-state index is 12.2. The van der Waals surface area contributed by atoms with Crippen molar-refractivity contribution in [3.63, 3.8) is 0 Å². The van der Waals surface area contributed by atoms with E-state index in [2.05, 4.69) is 15.6 Å². The van der Waals surface area contributed by atoms with Crippen molar-refractivity contribution < 1.29 is 19.1 Å². The van der Waals surface area contributed by atoms with Gasteiger partial charge in [-0.05, 0) is 39.8 Å². The summed E-state index contributed by atoms with van der Waals surface area (Å²) < 4.78 is 7.27. The number of alkyl carbamates (subject to hydrolysis) is 1. The molecule has 0 radical (unpaired) electrons. The summed E-state index contributed by atoms with van der Waals surface area (Å²) in [6, 6.07) is 8.99. The maximum Gasteiger partial charge on any atom is 0.407 e. The Bertz CT molecular complexity index is 1180. The van der Waals surface area contributed by atoms with Crippen LogP contribution in [0, 0.1) is 0 Å². The fourth-order valence-corrected chi connectivity index (χ4v) is 3.42. The maximum atomic E-state index is 12.2. The number of amides is 3. The lowest BCUT2D eigenvalue weighted by Crippen LogP contribution is -2.39. The number of ether oxygens (including phenoxy) is 1. The molecule has 3 rings (SSSR count). The SMILES string of the molecule is CC(=O)Nc1nc2c(cc1C(N)=O)c1ccccc1n2C[C@H](C)NC(=O)OC(C)(C)C. The Hall–Kier alpha value is -3.62. The molecule has 3 aromatic rings. The van der Waals surface area contributed by atoms with E-state index >= 15 is 0 Å². The zero-order valence-corrected chi connectivity index (χ0v) is 18.3. The molecule has 1 aromatic carbocycles. The Morgan fingerprint density at radius 2 is 1.87 bits per heavy atom. The molecule has 0 aliphatic heterocycles. The van der Waals surface area contributed by atoms with Crippen molar-refractivity contribution in [2.75, 3.05) is 5.32 Å². The number of rotatable bonds is 5. The molecule has 2 aromatic heterocycles. The lowest BCUT2D eigenvalue weighted by Gasteiger charge is -2.22. The number of pyridine rings is 1.